The number of nitriles is 1. The predicted molar refractivity (Wildman–Crippen MR) is 45.1 cm³/mol. The van der Waals surface area contributed by atoms with E-state index in [1.807, 2.05) is 13.8 Å². The minimum atomic E-state index is -0.129. The van der Waals surface area contributed by atoms with E-state index in [9.17, 15) is 0 Å². The average Bonchev–Trinajstić information content (AvgIpc) is 1.84. The molecular weight excluding hydrogens is 136 g/mol. The van der Waals surface area contributed by atoms with E-state index in [1.54, 1.807) is 0 Å². The SMILES string of the molecule is CC(C)(C#N)CCN1CCC1. The van der Waals surface area contributed by atoms with Gasteiger partial charge >= 0.3 is 0 Å². The summed E-state index contributed by atoms with van der Waals surface area (Å²) in [6, 6.07) is 2.32. The normalized spacial score (nSPS) is 19.0. The van der Waals surface area contributed by atoms with E-state index in [4.69, 9.17) is 5.26 Å². The van der Waals surface area contributed by atoms with Crippen molar-refractivity contribution in [3.05, 3.63) is 0 Å². The molecule has 0 atom stereocenters. The van der Waals surface area contributed by atoms with Gasteiger partial charge in [-0.2, -0.15) is 5.26 Å². The maximum absolute atomic E-state index is 8.73. The molecule has 0 amide bonds. The number of likely N-dealkylation sites (tertiary alicyclic amines) is 1. The van der Waals surface area contributed by atoms with Gasteiger partial charge in [-0.3, -0.25) is 0 Å². The van der Waals surface area contributed by atoms with Crippen molar-refractivity contribution in [3.63, 3.8) is 0 Å². The van der Waals surface area contributed by atoms with Crippen molar-refractivity contribution in [1.29, 1.82) is 5.26 Å². The standard InChI is InChI=1S/C9H16N2/c1-9(2,8-10)4-7-11-5-3-6-11/h3-7H2,1-2H3. The summed E-state index contributed by atoms with van der Waals surface area (Å²) >= 11 is 0. The minimum Gasteiger partial charge on any atom is -0.303 e. The van der Waals surface area contributed by atoms with E-state index in [0.29, 0.717) is 0 Å². The van der Waals surface area contributed by atoms with Gasteiger partial charge in [0.05, 0.1) is 11.5 Å². The molecule has 62 valence electrons. The van der Waals surface area contributed by atoms with E-state index < -0.39 is 0 Å². The zero-order valence-electron chi connectivity index (χ0n) is 7.43. The highest BCUT2D eigenvalue weighted by Gasteiger charge is 2.20. The number of nitrogens with zero attached hydrogens (tertiary/aromatic N) is 2. The lowest BCUT2D eigenvalue weighted by Gasteiger charge is -2.32. The Balaban J connectivity index is 2.16. The number of hydrogen-bond donors (Lipinski definition) is 0. The van der Waals surface area contributed by atoms with Crippen LogP contribution in [0.3, 0.4) is 0 Å². The molecule has 11 heavy (non-hydrogen) atoms. The Kier molecular flexibility index (Phi) is 2.51. The summed E-state index contributed by atoms with van der Waals surface area (Å²) in [5, 5.41) is 8.73. The first-order valence-corrected chi connectivity index (χ1v) is 4.28. The van der Waals surface area contributed by atoms with Crippen LogP contribution in [0.4, 0.5) is 0 Å². The van der Waals surface area contributed by atoms with Crippen molar-refractivity contribution >= 4 is 0 Å². The third-order valence-corrected chi connectivity index (χ3v) is 2.30. The van der Waals surface area contributed by atoms with E-state index in [-0.39, 0.29) is 5.41 Å². The second kappa shape index (κ2) is 3.23. The Bertz CT molecular complexity index is 163. The first-order valence-electron chi connectivity index (χ1n) is 4.28. The smallest absolute Gasteiger partial charge is 0.0684 e. The van der Waals surface area contributed by atoms with Gasteiger partial charge in [-0.15, -0.1) is 0 Å². The lowest BCUT2D eigenvalue weighted by atomic mass is 9.91. The largest absolute Gasteiger partial charge is 0.303 e. The van der Waals surface area contributed by atoms with Crippen LogP contribution in [0, 0.1) is 16.7 Å². The molecule has 0 N–H and O–H groups in total. The molecule has 1 rings (SSSR count). The molecule has 1 heterocycles. The van der Waals surface area contributed by atoms with Crippen LogP contribution in [0.25, 0.3) is 0 Å². The summed E-state index contributed by atoms with van der Waals surface area (Å²) in [6.07, 6.45) is 2.34. The molecule has 0 aromatic carbocycles. The van der Waals surface area contributed by atoms with Gasteiger partial charge in [-0.1, -0.05) is 0 Å². The molecule has 2 heteroatoms. The summed E-state index contributed by atoms with van der Waals surface area (Å²) in [4.78, 5) is 2.40. The Morgan fingerprint density at radius 3 is 2.45 bits per heavy atom. The molecule has 0 unspecified atom stereocenters. The van der Waals surface area contributed by atoms with Gasteiger partial charge in [0.1, 0.15) is 0 Å². The van der Waals surface area contributed by atoms with Gasteiger partial charge in [0.25, 0.3) is 0 Å². The quantitative estimate of drug-likeness (QED) is 0.614. The first kappa shape index (κ1) is 8.55. The lowest BCUT2D eigenvalue weighted by Crippen LogP contribution is -2.39. The maximum Gasteiger partial charge on any atom is 0.0684 e. The van der Waals surface area contributed by atoms with Crippen LogP contribution >= 0.6 is 0 Å². The minimum absolute atomic E-state index is 0.129. The third-order valence-electron chi connectivity index (χ3n) is 2.30. The van der Waals surface area contributed by atoms with Crippen LogP contribution in [0.5, 0.6) is 0 Å². The first-order chi connectivity index (χ1) is 5.14. The zero-order chi connectivity index (χ0) is 8.32. The van der Waals surface area contributed by atoms with E-state index >= 15 is 0 Å². The van der Waals surface area contributed by atoms with Gasteiger partial charge in [0.2, 0.25) is 0 Å². The molecule has 0 bridgehead atoms. The monoisotopic (exact) mass is 152 g/mol. The average molecular weight is 152 g/mol. The van der Waals surface area contributed by atoms with Crippen LogP contribution in [-0.2, 0) is 0 Å². The van der Waals surface area contributed by atoms with Crippen LogP contribution in [0.15, 0.2) is 0 Å². The molecular formula is C9H16N2. The van der Waals surface area contributed by atoms with E-state index in [0.717, 1.165) is 13.0 Å². The van der Waals surface area contributed by atoms with Crippen LogP contribution in [-0.4, -0.2) is 24.5 Å². The fourth-order valence-corrected chi connectivity index (χ4v) is 1.10. The third kappa shape index (κ3) is 2.51. The molecule has 1 fully saturated rings. The summed E-state index contributed by atoms with van der Waals surface area (Å²) in [7, 11) is 0. The topological polar surface area (TPSA) is 27.0 Å². The van der Waals surface area contributed by atoms with Gasteiger partial charge < -0.3 is 4.90 Å². The highest BCUT2D eigenvalue weighted by molar-refractivity contribution is 4.92. The zero-order valence-corrected chi connectivity index (χ0v) is 7.43. The van der Waals surface area contributed by atoms with Gasteiger partial charge in [0.15, 0.2) is 0 Å². The van der Waals surface area contributed by atoms with Crippen molar-refractivity contribution in [2.24, 2.45) is 5.41 Å². The van der Waals surface area contributed by atoms with Gasteiger partial charge in [0, 0.05) is 0 Å². The summed E-state index contributed by atoms with van der Waals surface area (Å²) in [5.41, 5.74) is -0.129. The molecule has 0 saturated carbocycles. The summed E-state index contributed by atoms with van der Waals surface area (Å²) in [5.74, 6) is 0. The fourth-order valence-electron chi connectivity index (χ4n) is 1.10. The molecule has 0 aromatic heterocycles. The fraction of sp³-hybridized carbons (Fsp3) is 0.889. The van der Waals surface area contributed by atoms with Crippen molar-refractivity contribution in [2.75, 3.05) is 19.6 Å². The lowest BCUT2D eigenvalue weighted by molar-refractivity contribution is 0.163. The second-order valence-corrected chi connectivity index (χ2v) is 3.94. The highest BCUT2D eigenvalue weighted by Crippen LogP contribution is 2.20. The second-order valence-electron chi connectivity index (χ2n) is 3.94. The summed E-state index contributed by atoms with van der Waals surface area (Å²) < 4.78 is 0. The Labute approximate surface area is 68.8 Å². The number of hydrogen-bond acceptors (Lipinski definition) is 2. The van der Waals surface area contributed by atoms with E-state index in [1.165, 1.54) is 19.5 Å². The van der Waals surface area contributed by atoms with Crippen LogP contribution < -0.4 is 0 Å². The predicted octanol–water partition coefficient (Wildman–Crippen LogP) is 1.63. The van der Waals surface area contributed by atoms with Crippen molar-refractivity contribution in [2.45, 2.75) is 26.7 Å². The maximum atomic E-state index is 8.73. The molecule has 1 aliphatic heterocycles. The van der Waals surface area contributed by atoms with Crippen molar-refractivity contribution < 1.29 is 0 Å². The molecule has 2 nitrogen and oxygen atoms in total. The Hall–Kier alpha value is -0.550. The van der Waals surface area contributed by atoms with E-state index in [2.05, 4.69) is 11.0 Å². The highest BCUT2D eigenvalue weighted by atomic mass is 15.2. The van der Waals surface area contributed by atoms with Crippen molar-refractivity contribution in [3.8, 4) is 6.07 Å². The summed E-state index contributed by atoms with van der Waals surface area (Å²) in [6.45, 7) is 7.59. The number of rotatable bonds is 3. The molecule has 1 aliphatic rings. The molecule has 0 aliphatic carbocycles. The van der Waals surface area contributed by atoms with Crippen molar-refractivity contribution in [1.82, 2.24) is 4.90 Å². The molecule has 0 spiro atoms. The van der Waals surface area contributed by atoms with Crippen LogP contribution in [0.2, 0.25) is 0 Å². The molecule has 1 saturated heterocycles. The van der Waals surface area contributed by atoms with Gasteiger partial charge in [-0.05, 0) is 46.3 Å². The molecule has 0 aromatic rings. The van der Waals surface area contributed by atoms with Crippen LogP contribution in [0.1, 0.15) is 26.7 Å². The Morgan fingerprint density at radius 2 is 2.09 bits per heavy atom. The van der Waals surface area contributed by atoms with Gasteiger partial charge in [-0.25, -0.2) is 0 Å². The Morgan fingerprint density at radius 1 is 1.45 bits per heavy atom. The molecule has 0 radical (unpaired) electrons.